The maximum atomic E-state index is 14.0. The highest BCUT2D eigenvalue weighted by atomic mass is 35.5. The van der Waals surface area contributed by atoms with E-state index < -0.39 is 9.85 Å². The molecular formula is C43H52Cl2N6O12. The Labute approximate surface area is 377 Å². The van der Waals surface area contributed by atoms with Crippen LogP contribution in [0, 0.1) is 20.2 Å². The van der Waals surface area contributed by atoms with Crippen LogP contribution >= 0.6 is 24.8 Å². The Kier molecular flexibility index (Phi) is 17.6. The molecule has 2 heterocycles. The van der Waals surface area contributed by atoms with Crippen molar-refractivity contribution in [2.24, 2.45) is 0 Å². The van der Waals surface area contributed by atoms with Gasteiger partial charge in [0, 0.05) is 76.6 Å². The first-order valence-electron chi connectivity index (χ1n) is 19.7. The Hall–Kier alpha value is -6.08. The van der Waals surface area contributed by atoms with Gasteiger partial charge in [-0.05, 0) is 78.2 Å². The number of carbonyl (C=O) groups is 2. The van der Waals surface area contributed by atoms with E-state index in [-0.39, 0.29) is 59.1 Å². The first kappa shape index (κ1) is 49.6. The zero-order valence-electron chi connectivity index (χ0n) is 36.0. The molecule has 0 aliphatic carbocycles. The van der Waals surface area contributed by atoms with E-state index in [1.807, 2.05) is 0 Å². The molecule has 2 aliphatic heterocycles. The van der Waals surface area contributed by atoms with Crippen molar-refractivity contribution in [2.75, 3.05) is 108 Å². The molecule has 0 spiro atoms. The van der Waals surface area contributed by atoms with Crippen molar-refractivity contribution in [1.29, 1.82) is 0 Å². The van der Waals surface area contributed by atoms with E-state index in [1.54, 1.807) is 46.2 Å². The van der Waals surface area contributed by atoms with Gasteiger partial charge in [0.05, 0.1) is 63.6 Å². The van der Waals surface area contributed by atoms with Crippen LogP contribution in [0.25, 0.3) is 22.3 Å². The van der Waals surface area contributed by atoms with Gasteiger partial charge in [0.25, 0.3) is 23.2 Å². The van der Waals surface area contributed by atoms with Gasteiger partial charge in [0.2, 0.25) is 11.5 Å². The number of hydrogen-bond donors (Lipinski definition) is 0. The fourth-order valence-corrected chi connectivity index (χ4v) is 7.83. The van der Waals surface area contributed by atoms with Crippen molar-refractivity contribution in [3.63, 3.8) is 0 Å². The van der Waals surface area contributed by atoms with Crippen molar-refractivity contribution in [1.82, 2.24) is 19.6 Å². The first-order chi connectivity index (χ1) is 29.4. The number of carbonyl (C=O) groups excluding carboxylic acids is 2. The number of halogens is 2. The van der Waals surface area contributed by atoms with Crippen LogP contribution in [-0.2, 0) is 0 Å². The number of nitro benzene ring substituents is 2. The lowest BCUT2D eigenvalue weighted by molar-refractivity contribution is -0.385. The van der Waals surface area contributed by atoms with E-state index in [9.17, 15) is 29.8 Å². The number of nitro groups is 2. The standard InChI is InChI=1S/C43H50N6O12.2ClH/c1-56-36-22-28(23-37(57-2)40(36)60-5)32-10-8-30(48(52)53)26-34(32)42(50)46-18-14-44(15-19-46)12-7-13-45-16-20-47(21-17-45)43(51)35-27-31(49(54)55)9-11-33(35)29-24-38(58-3)41(61-6)39(25-29)59-4;;/h8-11,22-27H,7,12-21H2,1-6H3;2*1H. The molecule has 6 rings (SSSR count). The summed E-state index contributed by atoms with van der Waals surface area (Å²) in [4.78, 5) is 58.6. The highest BCUT2D eigenvalue weighted by Gasteiger charge is 2.29. The summed E-state index contributed by atoms with van der Waals surface area (Å²) in [5, 5.41) is 23.5. The monoisotopic (exact) mass is 914 g/mol. The lowest BCUT2D eigenvalue weighted by atomic mass is 9.97. The van der Waals surface area contributed by atoms with Gasteiger partial charge in [-0.25, -0.2) is 0 Å². The molecule has 0 atom stereocenters. The van der Waals surface area contributed by atoms with Crippen molar-refractivity contribution in [3.8, 4) is 56.8 Å². The lowest BCUT2D eigenvalue weighted by Gasteiger charge is -2.37. The van der Waals surface area contributed by atoms with E-state index in [4.69, 9.17) is 28.4 Å². The predicted molar refractivity (Wildman–Crippen MR) is 240 cm³/mol. The number of nitrogens with zero attached hydrogens (tertiary/aromatic N) is 6. The summed E-state index contributed by atoms with van der Waals surface area (Å²) in [5.74, 6) is 1.72. The Bertz CT molecular complexity index is 2080. The number of non-ortho nitro benzene ring substituents is 2. The molecule has 4 aromatic rings. The second-order valence-corrected chi connectivity index (χ2v) is 14.4. The van der Waals surface area contributed by atoms with Crippen molar-refractivity contribution in [3.05, 3.63) is 92.0 Å². The van der Waals surface area contributed by atoms with Crippen LogP contribution in [0.5, 0.6) is 34.5 Å². The van der Waals surface area contributed by atoms with E-state index in [1.165, 1.54) is 66.9 Å². The number of methoxy groups -OCH3 is 6. The molecule has 0 unspecified atom stereocenters. The maximum absolute atomic E-state index is 14.0. The molecule has 0 N–H and O–H groups in total. The molecule has 20 heteroatoms. The van der Waals surface area contributed by atoms with Crippen LogP contribution in [0.3, 0.4) is 0 Å². The van der Waals surface area contributed by atoms with Crippen molar-refractivity contribution in [2.45, 2.75) is 6.42 Å². The van der Waals surface area contributed by atoms with Gasteiger partial charge in [-0.2, -0.15) is 0 Å². The Morgan fingerprint density at radius 1 is 0.508 bits per heavy atom. The zero-order chi connectivity index (χ0) is 43.8. The summed E-state index contributed by atoms with van der Waals surface area (Å²) in [6.07, 6.45) is 0.869. The smallest absolute Gasteiger partial charge is 0.270 e. The molecule has 4 aromatic carbocycles. The van der Waals surface area contributed by atoms with Gasteiger partial charge in [-0.1, -0.05) is 0 Å². The van der Waals surface area contributed by atoms with Crippen molar-refractivity contribution < 1.29 is 47.9 Å². The lowest BCUT2D eigenvalue weighted by Crippen LogP contribution is -2.50. The summed E-state index contributed by atoms with van der Waals surface area (Å²) in [6.45, 7) is 5.97. The fourth-order valence-electron chi connectivity index (χ4n) is 7.83. The van der Waals surface area contributed by atoms with Gasteiger partial charge in [-0.3, -0.25) is 39.6 Å². The highest BCUT2D eigenvalue weighted by molar-refractivity contribution is 6.03. The van der Waals surface area contributed by atoms with E-state index >= 15 is 0 Å². The molecule has 2 amide bonds. The minimum absolute atomic E-state index is 0. The van der Waals surface area contributed by atoms with Crippen LogP contribution in [0.4, 0.5) is 11.4 Å². The third-order valence-corrected chi connectivity index (χ3v) is 11.1. The van der Waals surface area contributed by atoms with Crippen LogP contribution < -0.4 is 28.4 Å². The van der Waals surface area contributed by atoms with Gasteiger partial charge in [0.1, 0.15) is 0 Å². The summed E-state index contributed by atoms with van der Waals surface area (Å²) in [5.41, 5.74) is 2.21. The quantitative estimate of drug-likeness (QED) is 0.0895. The van der Waals surface area contributed by atoms with Crippen LogP contribution in [0.1, 0.15) is 27.1 Å². The molecule has 63 heavy (non-hydrogen) atoms. The molecule has 0 bridgehead atoms. The van der Waals surface area contributed by atoms with Gasteiger partial charge >= 0.3 is 0 Å². The van der Waals surface area contributed by atoms with E-state index in [0.717, 1.165) is 19.5 Å². The zero-order valence-corrected chi connectivity index (χ0v) is 37.6. The number of amides is 2. The molecule has 0 saturated carbocycles. The molecule has 2 saturated heterocycles. The molecule has 2 fully saturated rings. The first-order valence-corrected chi connectivity index (χ1v) is 19.7. The fraction of sp³-hybridized carbons (Fsp3) is 0.395. The second kappa shape index (κ2) is 22.3. The van der Waals surface area contributed by atoms with Gasteiger partial charge < -0.3 is 38.2 Å². The average Bonchev–Trinajstić information content (AvgIpc) is 3.29. The topological polar surface area (TPSA) is 189 Å². The molecular weight excluding hydrogens is 863 g/mol. The summed E-state index contributed by atoms with van der Waals surface area (Å²) >= 11 is 0. The van der Waals surface area contributed by atoms with Crippen LogP contribution in [-0.4, -0.2) is 149 Å². The molecule has 0 aromatic heterocycles. The minimum Gasteiger partial charge on any atom is -0.493 e. The Balaban J connectivity index is 0.00000436. The number of benzene rings is 4. The van der Waals surface area contributed by atoms with E-state index in [0.29, 0.717) is 109 Å². The average molecular weight is 916 g/mol. The molecule has 340 valence electrons. The second-order valence-electron chi connectivity index (χ2n) is 14.4. The Morgan fingerprint density at radius 2 is 0.825 bits per heavy atom. The van der Waals surface area contributed by atoms with Crippen LogP contribution in [0.2, 0.25) is 0 Å². The van der Waals surface area contributed by atoms with Crippen LogP contribution in [0.15, 0.2) is 60.7 Å². The SMILES string of the molecule is COc1cc(-c2ccc([N+](=O)[O-])cc2C(=O)N2CCN(CCCN3CCN(C(=O)c4cc([N+](=O)[O-])ccc4-c4cc(OC)c(OC)c(OC)c4)CC3)CC2)cc(OC)c1OC.Cl.Cl. The third-order valence-electron chi connectivity index (χ3n) is 11.1. The van der Waals surface area contributed by atoms with E-state index in [2.05, 4.69) is 9.80 Å². The van der Waals surface area contributed by atoms with Gasteiger partial charge in [0.15, 0.2) is 23.0 Å². The largest absolute Gasteiger partial charge is 0.493 e. The number of piperazine rings is 2. The number of hydrogen-bond acceptors (Lipinski definition) is 14. The summed E-state index contributed by atoms with van der Waals surface area (Å²) in [7, 11) is 8.96. The van der Waals surface area contributed by atoms with Crippen molar-refractivity contribution >= 4 is 48.0 Å². The number of rotatable bonds is 16. The highest BCUT2D eigenvalue weighted by Crippen LogP contribution is 2.44. The van der Waals surface area contributed by atoms with Gasteiger partial charge in [-0.15, -0.1) is 24.8 Å². The third kappa shape index (κ3) is 10.9. The molecule has 0 radical (unpaired) electrons. The molecule has 18 nitrogen and oxygen atoms in total. The summed E-state index contributed by atoms with van der Waals surface area (Å²) < 4.78 is 33.0. The normalized spacial score (nSPS) is 14.1. The maximum Gasteiger partial charge on any atom is 0.270 e. The summed E-state index contributed by atoms with van der Waals surface area (Å²) in [6, 6.07) is 15.4. The number of ether oxygens (including phenoxy) is 6. The predicted octanol–water partition coefficient (Wildman–Crippen LogP) is 6.34. The minimum atomic E-state index is -0.516. The molecule has 2 aliphatic rings. The Morgan fingerprint density at radius 3 is 1.10 bits per heavy atom.